The Bertz CT molecular complexity index is 588. The molecule has 1 amide bonds. The van der Waals surface area contributed by atoms with E-state index in [1.54, 1.807) is 0 Å². The van der Waals surface area contributed by atoms with Gasteiger partial charge in [0.15, 0.2) is 0 Å². The molecule has 0 radical (unpaired) electrons. The normalized spacial score (nSPS) is 10.4. The molecule has 6 heteroatoms. The first-order valence-electron chi connectivity index (χ1n) is 6.77. The van der Waals surface area contributed by atoms with Crippen LogP contribution in [-0.2, 0) is 4.79 Å². The van der Waals surface area contributed by atoms with Gasteiger partial charge in [0.1, 0.15) is 5.75 Å². The third-order valence-electron chi connectivity index (χ3n) is 2.90. The Balaban J connectivity index is 1.86. The molecule has 0 saturated heterocycles. The molecule has 0 unspecified atom stereocenters. The summed E-state index contributed by atoms with van der Waals surface area (Å²) in [5, 5.41) is 9.79. The van der Waals surface area contributed by atoms with Crippen LogP contribution in [0.15, 0.2) is 29.2 Å². The lowest BCUT2D eigenvalue weighted by molar-refractivity contribution is -0.113. The second kappa shape index (κ2) is 7.17. The van der Waals surface area contributed by atoms with Crippen LogP contribution in [0.25, 0.3) is 0 Å². The number of aromatic amines is 1. The zero-order valence-corrected chi connectivity index (χ0v) is 13.2. The van der Waals surface area contributed by atoms with E-state index in [2.05, 4.69) is 15.5 Å². The molecule has 0 fully saturated rings. The first-order valence-corrected chi connectivity index (χ1v) is 7.75. The molecule has 112 valence electrons. The van der Waals surface area contributed by atoms with Gasteiger partial charge in [-0.2, -0.15) is 5.10 Å². The standard InChI is InChI=1S/C15H19N3O2S/c1-4-20-12-5-7-13(8-6-12)21-9-14(19)16-15-10(2)17-18-11(15)3/h5-8H,4,9H2,1-3H3,(H,16,19)(H,17,18). The average molecular weight is 305 g/mol. The van der Waals surface area contributed by atoms with E-state index in [-0.39, 0.29) is 5.91 Å². The van der Waals surface area contributed by atoms with Crippen molar-refractivity contribution in [2.45, 2.75) is 25.7 Å². The third kappa shape index (κ3) is 4.26. The maximum Gasteiger partial charge on any atom is 0.234 e. The van der Waals surface area contributed by atoms with E-state index in [0.29, 0.717) is 12.4 Å². The van der Waals surface area contributed by atoms with Crippen LogP contribution in [0.3, 0.4) is 0 Å². The smallest absolute Gasteiger partial charge is 0.234 e. The number of nitrogens with one attached hydrogen (secondary N) is 2. The highest BCUT2D eigenvalue weighted by Gasteiger charge is 2.10. The number of aromatic nitrogens is 2. The zero-order chi connectivity index (χ0) is 15.2. The number of carbonyl (C=O) groups excluding carboxylic acids is 1. The quantitative estimate of drug-likeness (QED) is 0.805. The van der Waals surface area contributed by atoms with Gasteiger partial charge >= 0.3 is 0 Å². The van der Waals surface area contributed by atoms with Crippen LogP contribution in [0.1, 0.15) is 18.3 Å². The van der Waals surface area contributed by atoms with Crippen molar-refractivity contribution >= 4 is 23.4 Å². The molecule has 0 atom stereocenters. The number of thioether (sulfide) groups is 1. The number of carbonyl (C=O) groups is 1. The molecule has 2 N–H and O–H groups in total. The number of ether oxygens (including phenoxy) is 1. The van der Waals surface area contributed by atoms with Crippen molar-refractivity contribution in [3.05, 3.63) is 35.7 Å². The van der Waals surface area contributed by atoms with Crippen LogP contribution in [0.5, 0.6) is 5.75 Å². The fourth-order valence-electron chi connectivity index (χ4n) is 1.86. The highest BCUT2D eigenvalue weighted by Crippen LogP contribution is 2.22. The van der Waals surface area contributed by atoms with Gasteiger partial charge in [0.25, 0.3) is 0 Å². The summed E-state index contributed by atoms with van der Waals surface area (Å²) in [7, 11) is 0. The van der Waals surface area contributed by atoms with Crippen molar-refractivity contribution < 1.29 is 9.53 Å². The van der Waals surface area contributed by atoms with Crippen molar-refractivity contribution in [3.8, 4) is 5.75 Å². The average Bonchev–Trinajstić information content (AvgIpc) is 2.79. The first kappa shape index (κ1) is 15.4. The van der Waals surface area contributed by atoms with Gasteiger partial charge in [-0.25, -0.2) is 0 Å². The fourth-order valence-corrected chi connectivity index (χ4v) is 2.56. The topological polar surface area (TPSA) is 67.0 Å². The molecule has 0 saturated carbocycles. The maximum absolute atomic E-state index is 12.0. The summed E-state index contributed by atoms with van der Waals surface area (Å²) in [6.45, 7) is 6.35. The summed E-state index contributed by atoms with van der Waals surface area (Å²) in [6, 6.07) is 7.73. The van der Waals surface area contributed by atoms with Gasteiger partial charge in [0.2, 0.25) is 5.91 Å². The molecule has 0 bridgehead atoms. The molecule has 1 aromatic heterocycles. The van der Waals surface area contributed by atoms with Crippen LogP contribution >= 0.6 is 11.8 Å². The van der Waals surface area contributed by atoms with E-state index in [0.717, 1.165) is 27.7 Å². The molecule has 0 spiro atoms. The monoisotopic (exact) mass is 305 g/mol. The highest BCUT2D eigenvalue weighted by molar-refractivity contribution is 8.00. The Hall–Kier alpha value is -1.95. The predicted octanol–water partition coefficient (Wildman–Crippen LogP) is 3.16. The Labute approximate surface area is 128 Å². The van der Waals surface area contributed by atoms with Gasteiger partial charge in [-0.3, -0.25) is 9.89 Å². The van der Waals surface area contributed by atoms with Gasteiger partial charge in [-0.15, -0.1) is 11.8 Å². The van der Waals surface area contributed by atoms with Crippen LogP contribution < -0.4 is 10.1 Å². The molecule has 21 heavy (non-hydrogen) atoms. The minimum atomic E-state index is -0.0403. The van der Waals surface area contributed by atoms with Crippen LogP contribution in [0.4, 0.5) is 5.69 Å². The Morgan fingerprint density at radius 1 is 1.33 bits per heavy atom. The van der Waals surface area contributed by atoms with Crippen LogP contribution in [0, 0.1) is 13.8 Å². The summed E-state index contributed by atoms with van der Waals surface area (Å²) in [4.78, 5) is 13.0. The number of amides is 1. The molecule has 0 aliphatic heterocycles. The minimum absolute atomic E-state index is 0.0403. The largest absolute Gasteiger partial charge is 0.494 e. The number of nitrogens with zero attached hydrogens (tertiary/aromatic N) is 1. The zero-order valence-electron chi connectivity index (χ0n) is 12.4. The van der Waals surface area contributed by atoms with Crippen molar-refractivity contribution in [2.24, 2.45) is 0 Å². The molecule has 5 nitrogen and oxygen atoms in total. The number of rotatable bonds is 6. The summed E-state index contributed by atoms with van der Waals surface area (Å²) >= 11 is 1.49. The Morgan fingerprint density at radius 2 is 2.05 bits per heavy atom. The van der Waals surface area contributed by atoms with Crippen molar-refractivity contribution in [2.75, 3.05) is 17.7 Å². The van der Waals surface area contributed by atoms with E-state index in [1.807, 2.05) is 45.0 Å². The van der Waals surface area contributed by atoms with Crippen LogP contribution in [-0.4, -0.2) is 28.5 Å². The van der Waals surface area contributed by atoms with Crippen LogP contribution in [0.2, 0.25) is 0 Å². The molecule has 1 heterocycles. The number of H-pyrrole nitrogens is 1. The fraction of sp³-hybridized carbons (Fsp3) is 0.333. The van der Waals surface area contributed by atoms with E-state index in [9.17, 15) is 4.79 Å². The molecule has 0 aliphatic rings. The molecular weight excluding hydrogens is 286 g/mol. The lowest BCUT2D eigenvalue weighted by Crippen LogP contribution is -2.14. The summed E-state index contributed by atoms with van der Waals surface area (Å²) in [5.41, 5.74) is 2.44. The van der Waals surface area contributed by atoms with Crippen molar-refractivity contribution in [1.82, 2.24) is 10.2 Å². The second-order valence-corrected chi connectivity index (χ2v) is 5.60. The number of benzene rings is 1. The Kier molecular flexibility index (Phi) is 5.27. The highest BCUT2D eigenvalue weighted by atomic mass is 32.2. The number of aryl methyl sites for hydroxylation is 2. The number of hydrogen-bond donors (Lipinski definition) is 2. The summed E-state index contributed by atoms with van der Waals surface area (Å²) in [5.74, 6) is 1.16. The molecular formula is C15H19N3O2S. The van der Waals surface area contributed by atoms with Gasteiger partial charge < -0.3 is 10.1 Å². The van der Waals surface area contributed by atoms with E-state index < -0.39 is 0 Å². The van der Waals surface area contributed by atoms with E-state index in [4.69, 9.17) is 4.74 Å². The second-order valence-electron chi connectivity index (χ2n) is 4.55. The van der Waals surface area contributed by atoms with E-state index in [1.165, 1.54) is 11.8 Å². The maximum atomic E-state index is 12.0. The van der Waals surface area contributed by atoms with Crippen molar-refractivity contribution in [3.63, 3.8) is 0 Å². The van der Waals surface area contributed by atoms with Gasteiger partial charge in [-0.1, -0.05) is 0 Å². The molecule has 2 rings (SSSR count). The molecule has 1 aromatic carbocycles. The minimum Gasteiger partial charge on any atom is -0.494 e. The molecule has 2 aromatic rings. The number of hydrogen-bond acceptors (Lipinski definition) is 4. The van der Waals surface area contributed by atoms with Gasteiger partial charge in [0.05, 0.1) is 29.4 Å². The summed E-state index contributed by atoms with van der Waals surface area (Å²) in [6.07, 6.45) is 0. The number of anilines is 1. The lowest BCUT2D eigenvalue weighted by Gasteiger charge is -2.06. The molecule has 0 aliphatic carbocycles. The lowest BCUT2D eigenvalue weighted by atomic mass is 10.3. The predicted molar refractivity (Wildman–Crippen MR) is 85.0 cm³/mol. The third-order valence-corrected chi connectivity index (χ3v) is 3.91. The SMILES string of the molecule is CCOc1ccc(SCC(=O)Nc2c(C)n[nH]c2C)cc1. The Morgan fingerprint density at radius 3 is 2.62 bits per heavy atom. The van der Waals surface area contributed by atoms with Gasteiger partial charge in [0, 0.05) is 4.90 Å². The summed E-state index contributed by atoms with van der Waals surface area (Å²) < 4.78 is 5.38. The van der Waals surface area contributed by atoms with Crippen molar-refractivity contribution in [1.29, 1.82) is 0 Å². The first-order chi connectivity index (χ1) is 10.1. The van der Waals surface area contributed by atoms with E-state index >= 15 is 0 Å². The van der Waals surface area contributed by atoms with Gasteiger partial charge in [-0.05, 0) is 45.0 Å².